The fraction of sp³-hybridized carbons (Fsp3) is 1.00. The lowest BCUT2D eigenvalue weighted by atomic mass is 10.00. The molecule has 1 fully saturated rings. The van der Waals surface area contributed by atoms with Gasteiger partial charge < -0.3 is 0 Å². The van der Waals surface area contributed by atoms with Gasteiger partial charge in [0.15, 0.2) is 0 Å². The van der Waals surface area contributed by atoms with Crippen molar-refractivity contribution in [1.29, 1.82) is 0 Å². The normalized spacial score (nSPS) is 33.7. The molecule has 0 unspecified atom stereocenters. The van der Waals surface area contributed by atoms with E-state index in [2.05, 4.69) is 51.5 Å². The average Bonchev–Trinajstić information content (AvgIpc) is 1.97. The van der Waals surface area contributed by atoms with Crippen LogP contribution in [0.5, 0.6) is 0 Å². The van der Waals surface area contributed by atoms with Crippen molar-refractivity contribution < 1.29 is 0 Å². The van der Waals surface area contributed by atoms with E-state index in [1.165, 1.54) is 13.1 Å². The third-order valence-corrected chi connectivity index (χ3v) is 3.31. The summed E-state index contributed by atoms with van der Waals surface area (Å²) in [5.41, 5.74) is 0.323. The fourth-order valence-corrected chi connectivity index (χ4v) is 1.95. The summed E-state index contributed by atoms with van der Waals surface area (Å²) in [4.78, 5) is 5.06. The Balaban J connectivity index is 2.64. The first-order valence-electron chi connectivity index (χ1n) is 5.29. The lowest BCUT2D eigenvalue weighted by molar-refractivity contribution is 0.00887. The molecule has 1 saturated heterocycles. The number of piperazine rings is 1. The van der Waals surface area contributed by atoms with Crippen molar-refractivity contribution in [3.05, 3.63) is 0 Å². The second-order valence-electron chi connectivity index (χ2n) is 5.44. The van der Waals surface area contributed by atoms with Crippen molar-refractivity contribution in [2.75, 3.05) is 20.1 Å². The smallest absolute Gasteiger partial charge is 0.0195 e. The molecule has 78 valence electrons. The number of hydrogen-bond acceptors (Lipinski definition) is 2. The molecular formula is C11H24N2. The average molecular weight is 184 g/mol. The Bertz CT molecular complexity index is 159. The summed E-state index contributed by atoms with van der Waals surface area (Å²) < 4.78 is 0. The van der Waals surface area contributed by atoms with Crippen LogP contribution in [0.15, 0.2) is 0 Å². The molecule has 0 aliphatic carbocycles. The van der Waals surface area contributed by atoms with Crippen molar-refractivity contribution in [1.82, 2.24) is 9.80 Å². The predicted octanol–water partition coefficient (Wildman–Crippen LogP) is 1.81. The lowest BCUT2D eigenvalue weighted by Crippen LogP contribution is -2.59. The Kier molecular flexibility index (Phi) is 3.03. The van der Waals surface area contributed by atoms with Crippen LogP contribution in [0.25, 0.3) is 0 Å². The van der Waals surface area contributed by atoms with Crippen LogP contribution < -0.4 is 0 Å². The number of likely N-dealkylation sites (N-methyl/N-ethyl adjacent to an activating group) is 1. The molecular weight excluding hydrogens is 160 g/mol. The van der Waals surface area contributed by atoms with Crippen LogP contribution in [-0.2, 0) is 0 Å². The summed E-state index contributed by atoms with van der Waals surface area (Å²) in [6.45, 7) is 13.9. The van der Waals surface area contributed by atoms with Crippen LogP contribution in [0.3, 0.4) is 0 Å². The summed E-state index contributed by atoms with van der Waals surface area (Å²) in [5, 5.41) is 0. The highest BCUT2D eigenvalue weighted by atomic mass is 15.3. The van der Waals surface area contributed by atoms with Gasteiger partial charge in [-0.15, -0.1) is 0 Å². The second kappa shape index (κ2) is 3.58. The molecule has 1 rings (SSSR count). The molecule has 0 saturated carbocycles. The maximum Gasteiger partial charge on any atom is 0.0195 e. The topological polar surface area (TPSA) is 6.48 Å². The molecule has 0 aromatic rings. The molecule has 1 heterocycles. The molecule has 0 N–H and O–H groups in total. The van der Waals surface area contributed by atoms with Gasteiger partial charge in [0.1, 0.15) is 0 Å². The van der Waals surface area contributed by atoms with Crippen LogP contribution in [0, 0.1) is 0 Å². The largest absolute Gasteiger partial charge is 0.298 e. The SMILES string of the molecule is C[C@@H]1CN(C(C)(C)C)C[C@@H](C)N1C. The Morgan fingerprint density at radius 2 is 1.38 bits per heavy atom. The van der Waals surface area contributed by atoms with Gasteiger partial charge in [0.05, 0.1) is 0 Å². The fourth-order valence-electron chi connectivity index (χ4n) is 1.95. The van der Waals surface area contributed by atoms with Crippen molar-refractivity contribution in [3.63, 3.8) is 0 Å². The molecule has 0 amide bonds. The minimum absolute atomic E-state index is 0.323. The quantitative estimate of drug-likeness (QED) is 0.566. The summed E-state index contributed by atoms with van der Waals surface area (Å²) >= 11 is 0. The van der Waals surface area contributed by atoms with Crippen LogP contribution in [-0.4, -0.2) is 47.6 Å². The van der Waals surface area contributed by atoms with Gasteiger partial charge in [0.2, 0.25) is 0 Å². The molecule has 0 spiro atoms. The predicted molar refractivity (Wildman–Crippen MR) is 58.0 cm³/mol. The van der Waals surface area contributed by atoms with E-state index in [-0.39, 0.29) is 0 Å². The monoisotopic (exact) mass is 184 g/mol. The number of nitrogens with zero attached hydrogens (tertiary/aromatic N) is 2. The maximum absolute atomic E-state index is 2.59. The standard InChI is InChI=1S/C11H24N2/c1-9-7-13(11(3,4)5)8-10(2)12(9)6/h9-10H,7-8H2,1-6H3/t9-,10-/m1/s1. The van der Waals surface area contributed by atoms with Gasteiger partial charge in [0.25, 0.3) is 0 Å². The molecule has 2 atom stereocenters. The second-order valence-corrected chi connectivity index (χ2v) is 5.44. The van der Waals surface area contributed by atoms with Gasteiger partial charge >= 0.3 is 0 Å². The zero-order chi connectivity index (χ0) is 10.2. The maximum atomic E-state index is 2.59. The number of rotatable bonds is 0. The molecule has 2 heteroatoms. The van der Waals surface area contributed by atoms with Crippen molar-refractivity contribution in [2.45, 2.75) is 52.2 Å². The van der Waals surface area contributed by atoms with Crippen molar-refractivity contribution in [2.24, 2.45) is 0 Å². The first kappa shape index (κ1) is 11.0. The Hall–Kier alpha value is -0.0800. The van der Waals surface area contributed by atoms with Crippen LogP contribution >= 0.6 is 0 Å². The zero-order valence-corrected chi connectivity index (χ0v) is 9.96. The zero-order valence-electron chi connectivity index (χ0n) is 9.96. The molecule has 2 nitrogen and oxygen atoms in total. The van der Waals surface area contributed by atoms with E-state index in [4.69, 9.17) is 0 Å². The molecule has 1 aliphatic heterocycles. The molecule has 0 aromatic heterocycles. The summed E-state index contributed by atoms with van der Waals surface area (Å²) in [5.74, 6) is 0. The van der Waals surface area contributed by atoms with Crippen LogP contribution in [0.4, 0.5) is 0 Å². The molecule has 0 aromatic carbocycles. The third kappa shape index (κ3) is 2.44. The van der Waals surface area contributed by atoms with Gasteiger partial charge in [-0.05, 0) is 41.7 Å². The first-order valence-corrected chi connectivity index (χ1v) is 5.29. The van der Waals surface area contributed by atoms with Gasteiger partial charge in [-0.2, -0.15) is 0 Å². The Morgan fingerprint density at radius 1 is 1.00 bits per heavy atom. The highest BCUT2D eigenvalue weighted by Crippen LogP contribution is 2.21. The minimum Gasteiger partial charge on any atom is -0.298 e. The molecule has 13 heavy (non-hydrogen) atoms. The van der Waals surface area contributed by atoms with E-state index >= 15 is 0 Å². The minimum atomic E-state index is 0.323. The third-order valence-electron chi connectivity index (χ3n) is 3.31. The van der Waals surface area contributed by atoms with Gasteiger partial charge in [-0.25, -0.2) is 0 Å². The molecule has 1 aliphatic rings. The Labute approximate surface area is 82.9 Å². The highest BCUT2D eigenvalue weighted by Gasteiger charge is 2.32. The van der Waals surface area contributed by atoms with E-state index in [1.807, 2.05) is 0 Å². The van der Waals surface area contributed by atoms with Crippen LogP contribution in [0.1, 0.15) is 34.6 Å². The molecule has 0 bridgehead atoms. The van der Waals surface area contributed by atoms with Gasteiger partial charge in [-0.1, -0.05) is 0 Å². The van der Waals surface area contributed by atoms with Gasteiger partial charge in [-0.3, -0.25) is 9.80 Å². The van der Waals surface area contributed by atoms with Gasteiger partial charge in [0, 0.05) is 30.7 Å². The van der Waals surface area contributed by atoms with E-state index < -0.39 is 0 Å². The van der Waals surface area contributed by atoms with E-state index in [1.54, 1.807) is 0 Å². The molecule has 0 radical (unpaired) electrons. The Morgan fingerprint density at radius 3 is 1.69 bits per heavy atom. The van der Waals surface area contributed by atoms with Crippen LogP contribution in [0.2, 0.25) is 0 Å². The van der Waals surface area contributed by atoms with E-state index in [0.29, 0.717) is 17.6 Å². The summed E-state index contributed by atoms with van der Waals surface area (Å²) in [6.07, 6.45) is 0. The number of hydrogen-bond donors (Lipinski definition) is 0. The lowest BCUT2D eigenvalue weighted by Gasteiger charge is -2.48. The van der Waals surface area contributed by atoms with E-state index in [9.17, 15) is 0 Å². The van der Waals surface area contributed by atoms with E-state index in [0.717, 1.165) is 0 Å². The highest BCUT2D eigenvalue weighted by molar-refractivity contribution is 4.88. The van der Waals surface area contributed by atoms with Crippen molar-refractivity contribution in [3.8, 4) is 0 Å². The summed E-state index contributed by atoms with van der Waals surface area (Å²) in [7, 11) is 2.23. The van der Waals surface area contributed by atoms with Crippen molar-refractivity contribution >= 4 is 0 Å². The summed E-state index contributed by atoms with van der Waals surface area (Å²) in [6, 6.07) is 1.37. The first-order chi connectivity index (χ1) is 5.82.